The first-order chi connectivity index (χ1) is 13.9. The van der Waals surface area contributed by atoms with Crippen molar-refractivity contribution in [3.8, 4) is 0 Å². The standard InChI is InChI=1S/C23H24N2O3S/c1-14-5-10-18-17(13-14)21(26)19-20(15-6-8-16(29-4)9-7-15)25(12-11-24(2)3)23(27)22(19)28-18/h5-10,13,20H,11-12H2,1-4H3. The van der Waals surface area contributed by atoms with Crippen molar-refractivity contribution in [2.24, 2.45) is 0 Å². The zero-order chi connectivity index (χ0) is 20.7. The van der Waals surface area contributed by atoms with E-state index in [0.717, 1.165) is 16.0 Å². The van der Waals surface area contributed by atoms with E-state index in [4.69, 9.17) is 4.42 Å². The van der Waals surface area contributed by atoms with Gasteiger partial charge >= 0.3 is 0 Å². The first-order valence-electron chi connectivity index (χ1n) is 9.57. The van der Waals surface area contributed by atoms with Crippen molar-refractivity contribution in [1.29, 1.82) is 0 Å². The Morgan fingerprint density at radius 1 is 1.10 bits per heavy atom. The summed E-state index contributed by atoms with van der Waals surface area (Å²) in [6.45, 7) is 3.16. The van der Waals surface area contributed by atoms with E-state index in [9.17, 15) is 9.59 Å². The molecule has 1 amide bonds. The molecule has 1 aliphatic rings. The minimum Gasteiger partial charge on any atom is -0.450 e. The van der Waals surface area contributed by atoms with Gasteiger partial charge in [0.15, 0.2) is 5.43 Å². The van der Waals surface area contributed by atoms with Crippen LogP contribution in [0.5, 0.6) is 0 Å². The van der Waals surface area contributed by atoms with E-state index in [-0.39, 0.29) is 17.1 Å². The highest BCUT2D eigenvalue weighted by Gasteiger charge is 2.42. The molecule has 1 aliphatic heterocycles. The van der Waals surface area contributed by atoms with Gasteiger partial charge in [-0.2, -0.15) is 0 Å². The molecule has 6 heteroatoms. The van der Waals surface area contributed by atoms with Gasteiger partial charge in [0.1, 0.15) is 5.58 Å². The first-order valence-corrected chi connectivity index (χ1v) is 10.8. The van der Waals surface area contributed by atoms with E-state index in [1.165, 1.54) is 0 Å². The lowest BCUT2D eigenvalue weighted by molar-refractivity contribution is 0.0716. The number of hydrogen-bond donors (Lipinski definition) is 0. The molecule has 29 heavy (non-hydrogen) atoms. The van der Waals surface area contributed by atoms with Crippen LogP contribution >= 0.6 is 11.8 Å². The number of likely N-dealkylation sites (N-methyl/N-ethyl adjacent to an activating group) is 1. The fraction of sp³-hybridized carbons (Fsp3) is 0.304. The van der Waals surface area contributed by atoms with Crippen molar-refractivity contribution in [2.45, 2.75) is 17.9 Å². The minimum absolute atomic E-state index is 0.121. The third-order valence-corrected chi connectivity index (χ3v) is 6.08. The average molecular weight is 409 g/mol. The molecule has 1 atom stereocenters. The van der Waals surface area contributed by atoms with Gasteiger partial charge in [0.25, 0.3) is 5.91 Å². The van der Waals surface area contributed by atoms with Gasteiger partial charge in [0.2, 0.25) is 5.76 Å². The van der Waals surface area contributed by atoms with E-state index < -0.39 is 6.04 Å². The van der Waals surface area contributed by atoms with Crippen molar-refractivity contribution in [3.63, 3.8) is 0 Å². The lowest BCUT2D eigenvalue weighted by Gasteiger charge is -2.26. The summed E-state index contributed by atoms with van der Waals surface area (Å²) in [5.74, 6) is -0.0515. The van der Waals surface area contributed by atoms with Crippen LogP contribution in [0.1, 0.15) is 33.3 Å². The molecule has 4 rings (SSSR count). The first kappa shape index (κ1) is 19.7. The molecule has 150 valence electrons. The number of hydrogen-bond acceptors (Lipinski definition) is 5. The van der Waals surface area contributed by atoms with Crippen LogP contribution in [0.25, 0.3) is 11.0 Å². The van der Waals surface area contributed by atoms with Crippen molar-refractivity contribution in [1.82, 2.24) is 9.80 Å². The summed E-state index contributed by atoms with van der Waals surface area (Å²) in [5.41, 5.74) is 2.69. The maximum absolute atomic E-state index is 13.5. The number of amides is 1. The summed E-state index contributed by atoms with van der Waals surface area (Å²) in [6.07, 6.45) is 2.02. The SMILES string of the molecule is CSc1ccc(C2c3c(oc4ccc(C)cc4c3=O)C(=O)N2CCN(C)C)cc1. The Hall–Kier alpha value is -2.57. The predicted molar refractivity (Wildman–Crippen MR) is 117 cm³/mol. The molecule has 1 unspecified atom stereocenters. The quantitative estimate of drug-likeness (QED) is 0.599. The molecular weight excluding hydrogens is 384 g/mol. The molecule has 0 radical (unpaired) electrons. The molecule has 2 heterocycles. The normalized spacial score (nSPS) is 16.1. The second-order valence-electron chi connectivity index (χ2n) is 7.65. The lowest BCUT2D eigenvalue weighted by atomic mass is 9.98. The minimum atomic E-state index is -0.436. The molecule has 0 fully saturated rings. The molecule has 0 bridgehead atoms. The topological polar surface area (TPSA) is 53.8 Å². The molecule has 3 aromatic rings. The van der Waals surface area contributed by atoms with E-state index in [0.29, 0.717) is 29.6 Å². The molecule has 5 nitrogen and oxygen atoms in total. The third kappa shape index (κ3) is 3.47. The van der Waals surface area contributed by atoms with Gasteiger partial charge in [0.05, 0.1) is 17.0 Å². The summed E-state index contributed by atoms with van der Waals surface area (Å²) >= 11 is 1.66. The van der Waals surface area contributed by atoms with Crippen LogP contribution < -0.4 is 5.43 Å². The van der Waals surface area contributed by atoms with Gasteiger partial charge in [0, 0.05) is 18.0 Å². The van der Waals surface area contributed by atoms with E-state index in [1.807, 2.05) is 68.6 Å². The molecule has 0 saturated heterocycles. The van der Waals surface area contributed by atoms with Crippen LogP contribution in [0.3, 0.4) is 0 Å². The monoisotopic (exact) mass is 408 g/mol. The van der Waals surface area contributed by atoms with Crippen molar-refractivity contribution in [3.05, 3.63) is 75.1 Å². The smallest absolute Gasteiger partial charge is 0.290 e. The Kier molecular flexibility index (Phi) is 5.23. The number of thioether (sulfide) groups is 1. The summed E-state index contributed by atoms with van der Waals surface area (Å²) in [5, 5.41) is 0.525. The molecule has 0 spiro atoms. The largest absolute Gasteiger partial charge is 0.450 e. The molecular formula is C23H24N2O3S. The van der Waals surface area contributed by atoms with E-state index in [2.05, 4.69) is 0 Å². The number of fused-ring (bicyclic) bond motifs is 2. The molecule has 0 saturated carbocycles. The highest BCUT2D eigenvalue weighted by atomic mass is 32.2. The second-order valence-corrected chi connectivity index (χ2v) is 8.53. The maximum Gasteiger partial charge on any atom is 0.290 e. The summed E-state index contributed by atoms with van der Waals surface area (Å²) in [6, 6.07) is 13.1. The number of benzene rings is 2. The van der Waals surface area contributed by atoms with Crippen LogP contribution in [-0.2, 0) is 0 Å². The fourth-order valence-electron chi connectivity index (χ4n) is 3.81. The van der Waals surface area contributed by atoms with Crippen LogP contribution in [-0.4, -0.2) is 49.1 Å². The van der Waals surface area contributed by atoms with Gasteiger partial charge in [-0.3, -0.25) is 9.59 Å². The van der Waals surface area contributed by atoms with Crippen LogP contribution in [0.2, 0.25) is 0 Å². The number of aryl methyl sites for hydroxylation is 1. The zero-order valence-electron chi connectivity index (χ0n) is 17.1. The summed E-state index contributed by atoms with van der Waals surface area (Å²) < 4.78 is 5.98. The summed E-state index contributed by atoms with van der Waals surface area (Å²) in [4.78, 5) is 31.6. The lowest BCUT2D eigenvalue weighted by Crippen LogP contribution is -2.35. The molecule has 2 aromatic carbocycles. The van der Waals surface area contributed by atoms with Gasteiger partial charge in [-0.1, -0.05) is 23.8 Å². The van der Waals surface area contributed by atoms with Crippen molar-refractivity contribution in [2.75, 3.05) is 33.4 Å². The third-order valence-electron chi connectivity index (χ3n) is 5.34. The summed E-state index contributed by atoms with van der Waals surface area (Å²) in [7, 11) is 3.94. The van der Waals surface area contributed by atoms with Gasteiger partial charge < -0.3 is 14.2 Å². The van der Waals surface area contributed by atoms with Gasteiger partial charge in [-0.25, -0.2) is 0 Å². The Bertz CT molecular complexity index is 1140. The molecule has 0 N–H and O–H groups in total. The average Bonchev–Trinajstić information content (AvgIpc) is 2.99. The Morgan fingerprint density at radius 3 is 2.48 bits per heavy atom. The number of carbonyl (C=O) groups excluding carboxylic acids is 1. The highest BCUT2D eigenvalue weighted by Crippen LogP contribution is 2.38. The van der Waals surface area contributed by atoms with Crippen molar-refractivity contribution < 1.29 is 9.21 Å². The fourth-order valence-corrected chi connectivity index (χ4v) is 4.21. The Balaban J connectivity index is 1.92. The zero-order valence-corrected chi connectivity index (χ0v) is 17.9. The number of carbonyl (C=O) groups is 1. The van der Waals surface area contributed by atoms with Gasteiger partial charge in [-0.15, -0.1) is 11.8 Å². The Labute approximate surface area is 174 Å². The van der Waals surface area contributed by atoms with E-state index in [1.54, 1.807) is 22.7 Å². The van der Waals surface area contributed by atoms with E-state index >= 15 is 0 Å². The van der Waals surface area contributed by atoms with Crippen LogP contribution in [0.15, 0.2) is 56.6 Å². The van der Waals surface area contributed by atoms with Gasteiger partial charge in [-0.05, 0) is 57.1 Å². The Morgan fingerprint density at radius 2 is 1.83 bits per heavy atom. The maximum atomic E-state index is 13.5. The highest BCUT2D eigenvalue weighted by molar-refractivity contribution is 7.98. The second kappa shape index (κ2) is 7.69. The van der Waals surface area contributed by atoms with Crippen molar-refractivity contribution >= 4 is 28.6 Å². The molecule has 0 aliphatic carbocycles. The molecule has 1 aromatic heterocycles. The van der Waals surface area contributed by atoms with Crippen LogP contribution in [0.4, 0.5) is 0 Å². The van der Waals surface area contributed by atoms with Crippen LogP contribution in [0, 0.1) is 6.92 Å². The predicted octanol–water partition coefficient (Wildman–Crippen LogP) is 3.93. The number of nitrogens with zero attached hydrogens (tertiary/aromatic N) is 2. The number of rotatable bonds is 5.